The van der Waals surface area contributed by atoms with Gasteiger partial charge in [0, 0.05) is 16.7 Å². The Labute approximate surface area is 113 Å². The van der Waals surface area contributed by atoms with Crippen LogP contribution >= 0.6 is 11.8 Å². The van der Waals surface area contributed by atoms with E-state index in [1.165, 1.54) is 16.0 Å². The Bertz CT molecular complexity index is 464. The highest BCUT2D eigenvalue weighted by molar-refractivity contribution is 7.99. The van der Waals surface area contributed by atoms with Crippen LogP contribution in [0.3, 0.4) is 0 Å². The molecule has 0 aliphatic carbocycles. The number of rotatable bonds is 5. The Kier molecular flexibility index (Phi) is 4.85. The fraction of sp³-hybridized carbons (Fsp3) is 0.250. The van der Waals surface area contributed by atoms with Crippen LogP contribution in [0.4, 0.5) is 0 Å². The fourth-order valence-corrected chi connectivity index (χ4v) is 2.67. The van der Waals surface area contributed by atoms with Gasteiger partial charge in [0.15, 0.2) is 0 Å². The standard InChI is InChI=1S/C16H19NS/c1-13-7-9-16(10-8-13)18-12-15(17)11-14-5-3-2-4-6-14/h2-10,15H,11-12,17H2,1H3. The monoisotopic (exact) mass is 257 g/mol. The Morgan fingerprint density at radius 1 is 1.00 bits per heavy atom. The quantitative estimate of drug-likeness (QED) is 0.827. The highest BCUT2D eigenvalue weighted by Gasteiger charge is 2.04. The number of aryl methyl sites for hydroxylation is 1. The van der Waals surface area contributed by atoms with Gasteiger partial charge in [-0.15, -0.1) is 11.8 Å². The molecule has 0 aliphatic rings. The topological polar surface area (TPSA) is 26.0 Å². The van der Waals surface area contributed by atoms with Crippen molar-refractivity contribution in [3.05, 3.63) is 65.7 Å². The van der Waals surface area contributed by atoms with Crippen LogP contribution in [0.2, 0.25) is 0 Å². The molecule has 2 N–H and O–H groups in total. The maximum atomic E-state index is 6.16. The van der Waals surface area contributed by atoms with Crippen LogP contribution in [-0.4, -0.2) is 11.8 Å². The molecule has 1 nitrogen and oxygen atoms in total. The van der Waals surface area contributed by atoms with E-state index >= 15 is 0 Å². The molecule has 0 fully saturated rings. The summed E-state index contributed by atoms with van der Waals surface area (Å²) in [6, 6.07) is 19.3. The lowest BCUT2D eigenvalue weighted by molar-refractivity contribution is 0.749. The normalized spacial score (nSPS) is 12.3. The predicted octanol–water partition coefficient (Wildman–Crippen LogP) is 3.66. The highest BCUT2D eigenvalue weighted by Crippen LogP contribution is 2.19. The van der Waals surface area contributed by atoms with Crippen molar-refractivity contribution in [3.63, 3.8) is 0 Å². The van der Waals surface area contributed by atoms with E-state index in [2.05, 4.69) is 55.5 Å². The van der Waals surface area contributed by atoms with Crippen LogP contribution in [0.5, 0.6) is 0 Å². The second-order valence-corrected chi connectivity index (χ2v) is 5.67. The van der Waals surface area contributed by atoms with Crippen LogP contribution in [0.15, 0.2) is 59.5 Å². The van der Waals surface area contributed by atoms with Crippen molar-refractivity contribution in [3.8, 4) is 0 Å². The molecule has 0 saturated carbocycles. The third-order valence-electron chi connectivity index (χ3n) is 2.83. The second kappa shape index (κ2) is 6.62. The maximum absolute atomic E-state index is 6.16. The SMILES string of the molecule is Cc1ccc(SCC(N)Cc2ccccc2)cc1. The maximum Gasteiger partial charge on any atom is 0.0174 e. The van der Waals surface area contributed by atoms with Gasteiger partial charge in [0.25, 0.3) is 0 Å². The number of thioether (sulfide) groups is 1. The average Bonchev–Trinajstić information content (AvgIpc) is 2.39. The van der Waals surface area contributed by atoms with Gasteiger partial charge in [-0.25, -0.2) is 0 Å². The first-order valence-electron chi connectivity index (χ1n) is 6.23. The largest absolute Gasteiger partial charge is 0.327 e. The van der Waals surface area contributed by atoms with Gasteiger partial charge in [-0.05, 0) is 31.0 Å². The fourth-order valence-electron chi connectivity index (χ4n) is 1.81. The molecule has 0 saturated heterocycles. The first-order chi connectivity index (χ1) is 8.74. The molecule has 0 aliphatic heterocycles. The van der Waals surface area contributed by atoms with Crippen LogP contribution in [0.25, 0.3) is 0 Å². The van der Waals surface area contributed by atoms with Gasteiger partial charge in [-0.3, -0.25) is 0 Å². The second-order valence-electron chi connectivity index (χ2n) is 4.57. The van der Waals surface area contributed by atoms with E-state index in [9.17, 15) is 0 Å². The number of nitrogens with two attached hydrogens (primary N) is 1. The summed E-state index contributed by atoms with van der Waals surface area (Å²) in [7, 11) is 0. The van der Waals surface area contributed by atoms with Gasteiger partial charge in [-0.1, -0.05) is 48.0 Å². The third-order valence-corrected chi connectivity index (χ3v) is 4.03. The van der Waals surface area contributed by atoms with Crippen molar-refractivity contribution in [2.45, 2.75) is 24.3 Å². The smallest absolute Gasteiger partial charge is 0.0174 e. The Balaban J connectivity index is 1.81. The van der Waals surface area contributed by atoms with Crippen molar-refractivity contribution in [1.29, 1.82) is 0 Å². The molecule has 0 radical (unpaired) electrons. The van der Waals surface area contributed by atoms with E-state index in [-0.39, 0.29) is 6.04 Å². The van der Waals surface area contributed by atoms with Gasteiger partial charge >= 0.3 is 0 Å². The number of hydrogen-bond acceptors (Lipinski definition) is 2. The lowest BCUT2D eigenvalue weighted by Crippen LogP contribution is -2.25. The molecule has 0 bridgehead atoms. The van der Waals surface area contributed by atoms with Gasteiger partial charge in [-0.2, -0.15) is 0 Å². The van der Waals surface area contributed by atoms with Crippen LogP contribution in [-0.2, 0) is 6.42 Å². The molecule has 1 atom stereocenters. The van der Waals surface area contributed by atoms with Crippen LogP contribution in [0.1, 0.15) is 11.1 Å². The molecule has 0 aromatic heterocycles. The summed E-state index contributed by atoms with van der Waals surface area (Å²) in [5.41, 5.74) is 8.78. The van der Waals surface area contributed by atoms with E-state index in [0.29, 0.717) is 0 Å². The third kappa shape index (κ3) is 4.21. The number of hydrogen-bond donors (Lipinski definition) is 1. The summed E-state index contributed by atoms with van der Waals surface area (Å²) in [5.74, 6) is 0.956. The summed E-state index contributed by atoms with van der Waals surface area (Å²) in [6.07, 6.45) is 0.944. The minimum Gasteiger partial charge on any atom is -0.327 e. The van der Waals surface area contributed by atoms with Crippen molar-refractivity contribution in [2.75, 3.05) is 5.75 Å². The van der Waals surface area contributed by atoms with E-state index in [4.69, 9.17) is 5.73 Å². The molecule has 2 aromatic rings. The zero-order valence-electron chi connectivity index (χ0n) is 10.7. The molecule has 18 heavy (non-hydrogen) atoms. The molecule has 94 valence electrons. The molecule has 1 unspecified atom stereocenters. The van der Waals surface area contributed by atoms with Crippen LogP contribution in [0, 0.1) is 6.92 Å². The highest BCUT2D eigenvalue weighted by atomic mass is 32.2. The van der Waals surface area contributed by atoms with Crippen molar-refractivity contribution >= 4 is 11.8 Å². The van der Waals surface area contributed by atoms with Crippen molar-refractivity contribution in [1.82, 2.24) is 0 Å². The Morgan fingerprint density at radius 2 is 1.67 bits per heavy atom. The van der Waals surface area contributed by atoms with E-state index in [0.717, 1.165) is 12.2 Å². The molecular weight excluding hydrogens is 238 g/mol. The molecule has 0 heterocycles. The average molecular weight is 257 g/mol. The lowest BCUT2D eigenvalue weighted by atomic mass is 10.1. The van der Waals surface area contributed by atoms with Crippen molar-refractivity contribution < 1.29 is 0 Å². The molecular formula is C16H19NS. The summed E-state index contributed by atoms with van der Waals surface area (Å²) in [6.45, 7) is 2.11. The van der Waals surface area contributed by atoms with Crippen molar-refractivity contribution in [2.24, 2.45) is 5.73 Å². The first kappa shape index (κ1) is 13.2. The summed E-state index contributed by atoms with van der Waals surface area (Å²) in [5, 5.41) is 0. The summed E-state index contributed by atoms with van der Waals surface area (Å²) in [4.78, 5) is 1.30. The lowest BCUT2D eigenvalue weighted by Gasteiger charge is -2.11. The molecule has 2 rings (SSSR count). The van der Waals surface area contributed by atoms with E-state index in [1.54, 1.807) is 0 Å². The molecule has 0 amide bonds. The predicted molar refractivity (Wildman–Crippen MR) is 80.0 cm³/mol. The minimum absolute atomic E-state index is 0.207. The zero-order chi connectivity index (χ0) is 12.8. The van der Waals surface area contributed by atoms with Gasteiger partial charge in [0.1, 0.15) is 0 Å². The molecule has 0 spiro atoms. The molecule has 2 aromatic carbocycles. The summed E-state index contributed by atoms with van der Waals surface area (Å²) < 4.78 is 0. The van der Waals surface area contributed by atoms with Gasteiger partial charge < -0.3 is 5.73 Å². The first-order valence-corrected chi connectivity index (χ1v) is 7.21. The van der Waals surface area contributed by atoms with Gasteiger partial charge in [0.2, 0.25) is 0 Å². The zero-order valence-corrected chi connectivity index (χ0v) is 11.5. The van der Waals surface area contributed by atoms with E-state index < -0.39 is 0 Å². The van der Waals surface area contributed by atoms with Gasteiger partial charge in [0.05, 0.1) is 0 Å². The Morgan fingerprint density at radius 3 is 2.33 bits per heavy atom. The summed E-state index contributed by atoms with van der Waals surface area (Å²) >= 11 is 1.83. The minimum atomic E-state index is 0.207. The number of benzene rings is 2. The molecule has 2 heteroatoms. The van der Waals surface area contributed by atoms with E-state index in [1.807, 2.05) is 17.8 Å². The van der Waals surface area contributed by atoms with Crippen LogP contribution < -0.4 is 5.73 Å². The Hall–Kier alpha value is -1.25.